The maximum Gasteiger partial charge on any atom is 0.231 e. The van der Waals surface area contributed by atoms with Crippen molar-refractivity contribution in [3.8, 4) is 0 Å². The quantitative estimate of drug-likeness (QED) is 0.676. The second-order valence-electron chi connectivity index (χ2n) is 3.03. The molecule has 3 nitrogen and oxygen atoms in total. The summed E-state index contributed by atoms with van der Waals surface area (Å²) in [5.74, 6) is 0.122. The maximum atomic E-state index is 11.3. The first kappa shape index (κ1) is 8.31. The van der Waals surface area contributed by atoms with Gasteiger partial charge in [-0.25, -0.2) is 0 Å². The molecule has 1 aromatic carbocycles. The zero-order valence-electron chi connectivity index (χ0n) is 7.15. The summed E-state index contributed by atoms with van der Waals surface area (Å²) >= 11 is 4.58. The van der Waals surface area contributed by atoms with Gasteiger partial charge in [-0.05, 0) is 17.7 Å². The smallest absolute Gasteiger partial charge is 0.231 e. The molecule has 0 aromatic heterocycles. The lowest BCUT2D eigenvalue weighted by atomic mass is 10.1. The minimum absolute atomic E-state index is 0.122. The number of amides is 1. The predicted molar refractivity (Wildman–Crippen MR) is 53.0 cm³/mol. The highest BCUT2D eigenvalue weighted by atomic mass is 32.1. The third-order valence-electron chi connectivity index (χ3n) is 2.25. The van der Waals surface area contributed by atoms with Crippen molar-refractivity contribution in [1.82, 2.24) is 0 Å². The number of carbonyl (C=O) groups excluding carboxylic acids is 1. The van der Waals surface area contributed by atoms with E-state index in [4.69, 9.17) is 0 Å². The van der Waals surface area contributed by atoms with Crippen LogP contribution in [0.1, 0.15) is 5.56 Å². The van der Waals surface area contributed by atoms with Crippen molar-refractivity contribution in [2.45, 2.75) is 6.42 Å². The highest BCUT2D eigenvalue weighted by molar-refractivity contribution is 7.47. The number of nitrogens with zero attached hydrogens (tertiary/aromatic N) is 2. The number of carbonyl (C=O) groups is 1. The lowest BCUT2D eigenvalue weighted by Gasteiger charge is -2.09. The van der Waals surface area contributed by atoms with Crippen LogP contribution >= 0.6 is 0 Å². The number of anilines is 1. The summed E-state index contributed by atoms with van der Waals surface area (Å²) in [5, 5.41) is 0. The zero-order chi connectivity index (χ0) is 9.42. The summed E-state index contributed by atoms with van der Waals surface area (Å²) in [6, 6.07) is 5.58. The largest absolute Gasteiger partial charge is 0.315 e. The third-order valence-corrected chi connectivity index (χ3v) is 2.46. The fourth-order valence-electron chi connectivity index (χ4n) is 1.49. The van der Waals surface area contributed by atoms with E-state index in [1.165, 1.54) is 0 Å². The van der Waals surface area contributed by atoms with Crippen LogP contribution < -0.4 is 4.90 Å². The van der Waals surface area contributed by atoms with Gasteiger partial charge in [0, 0.05) is 25.2 Å². The van der Waals surface area contributed by atoms with Crippen LogP contribution in [0.3, 0.4) is 0 Å². The topological polar surface area (TPSA) is 32.7 Å². The van der Waals surface area contributed by atoms with E-state index in [1.54, 1.807) is 11.9 Å². The number of fused-ring (bicyclic) bond motifs is 1. The van der Waals surface area contributed by atoms with Gasteiger partial charge in [0.1, 0.15) is 0 Å². The molecule has 0 saturated heterocycles. The molecule has 0 unspecified atom stereocenters. The van der Waals surface area contributed by atoms with E-state index in [0.29, 0.717) is 6.42 Å². The zero-order valence-corrected chi connectivity index (χ0v) is 7.97. The molecular formula is C9H8N2OS. The van der Waals surface area contributed by atoms with E-state index in [0.717, 1.165) is 16.9 Å². The molecule has 0 spiro atoms. The molecule has 1 aromatic rings. The Bertz CT molecular complexity index is 389. The Hall–Kier alpha value is -1.29. The molecule has 0 bridgehead atoms. The fourth-order valence-corrected chi connectivity index (χ4v) is 1.60. The monoisotopic (exact) mass is 192 g/mol. The molecule has 0 fully saturated rings. The molecule has 0 N–H and O–H groups in total. The molecule has 1 aliphatic rings. The van der Waals surface area contributed by atoms with Crippen molar-refractivity contribution < 1.29 is 4.79 Å². The van der Waals surface area contributed by atoms with Crippen LogP contribution in [0.2, 0.25) is 0 Å². The predicted octanol–water partition coefficient (Wildman–Crippen LogP) is 1.57. The Morgan fingerprint density at radius 2 is 2.31 bits per heavy atom. The van der Waals surface area contributed by atoms with Gasteiger partial charge >= 0.3 is 0 Å². The third kappa shape index (κ3) is 1.23. The number of rotatable bonds is 1. The van der Waals surface area contributed by atoms with Gasteiger partial charge in [0.05, 0.1) is 12.1 Å². The van der Waals surface area contributed by atoms with Crippen LogP contribution in [0.25, 0.3) is 0 Å². The Labute approximate surface area is 81.5 Å². The summed E-state index contributed by atoms with van der Waals surface area (Å²) < 4.78 is 3.65. The molecule has 0 radical (unpaired) electrons. The van der Waals surface area contributed by atoms with Crippen molar-refractivity contribution in [2.75, 3.05) is 11.9 Å². The minimum Gasteiger partial charge on any atom is -0.315 e. The second kappa shape index (κ2) is 2.88. The van der Waals surface area contributed by atoms with Gasteiger partial charge in [0.25, 0.3) is 0 Å². The molecule has 4 heteroatoms. The first-order valence-corrected chi connectivity index (χ1v) is 4.32. The van der Waals surface area contributed by atoms with Crippen molar-refractivity contribution in [1.29, 1.82) is 0 Å². The standard InChI is InChI=1S/C9H8N2OS/c1-11-8-5-7(10-13)3-2-6(8)4-9(11)12/h2-3,5H,4H2,1H3. The second-order valence-corrected chi connectivity index (χ2v) is 3.22. The molecule has 13 heavy (non-hydrogen) atoms. The highest BCUT2D eigenvalue weighted by Gasteiger charge is 2.23. The van der Waals surface area contributed by atoms with Crippen molar-refractivity contribution in [3.63, 3.8) is 0 Å². The SMILES string of the molecule is CN1C(=O)Cc2ccc(N=S)cc21. The summed E-state index contributed by atoms with van der Waals surface area (Å²) in [4.78, 5) is 12.9. The molecular weight excluding hydrogens is 184 g/mol. The van der Waals surface area contributed by atoms with Gasteiger partial charge in [-0.3, -0.25) is 4.79 Å². The van der Waals surface area contributed by atoms with Crippen molar-refractivity contribution in [2.24, 2.45) is 4.36 Å². The lowest BCUT2D eigenvalue weighted by molar-refractivity contribution is -0.117. The molecule has 1 heterocycles. The lowest BCUT2D eigenvalue weighted by Crippen LogP contribution is -2.20. The van der Waals surface area contributed by atoms with E-state index in [1.807, 2.05) is 18.2 Å². The summed E-state index contributed by atoms with van der Waals surface area (Å²) in [5.41, 5.74) is 2.71. The van der Waals surface area contributed by atoms with Gasteiger partial charge < -0.3 is 4.90 Å². The molecule has 0 saturated carbocycles. The van der Waals surface area contributed by atoms with Crippen LogP contribution in [0.15, 0.2) is 22.6 Å². The molecule has 2 rings (SSSR count). The molecule has 1 amide bonds. The first-order chi connectivity index (χ1) is 6.22. The van der Waals surface area contributed by atoms with Gasteiger partial charge in [0.15, 0.2) is 0 Å². The Balaban J connectivity index is 2.53. The van der Waals surface area contributed by atoms with Gasteiger partial charge in [0.2, 0.25) is 5.91 Å². The van der Waals surface area contributed by atoms with Crippen LogP contribution in [0.4, 0.5) is 11.4 Å². The minimum atomic E-state index is 0.122. The fraction of sp³-hybridized carbons (Fsp3) is 0.222. The van der Waals surface area contributed by atoms with Gasteiger partial charge in [-0.1, -0.05) is 6.07 Å². The first-order valence-electron chi connectivity index (χ1n) is 3.95. The highest BCUT2D eigenvalue weighted by Crippen LogP contribution is 2.31. The Kier molecular flexibility index (Phi) is 1.84. The Morgan fingerprint density at radius 3 is 3.00 bits per heavy atom. The average molecular weight is 192 g/mol. The van der Waals surface area contributed by atoms with Gasteiger partial charge in [-0.15, -0.1) is 0 Å². The van der Waals surface area contributed by atoms with Crippen molar-refractivity contribution in [3.05, 3.63) is 23.8 Å². The molecule has 0 atom stereocenters. The summed E-state index contributed by atoms with van der Waals surface area (Å²) in [6.45, 7) is 0. The summed E-state index contributed by atoms with van der Waals surface area (Å²) in [6.07, 6.45) is 0.490. The Morgan fingerprint density at radius 1 is 1.54 bits per heavy atom. The molecule has 0 aliphatic carbocycles. The number of hydrogen-bond acceptors (Lipinski definition) is 3. The van der Waals surface area contributed by atoms with E-state index in [9.17, 15) is 4.79 Å². The van der Waals surface area contributed by atoms with Crippen molar-refractivity contribution >= 4 is 29.7 Å². The number of hydrogen-bond donors (Lipinski definition) is 0. The average Bonchev–Trinajstić information content (AvgIpc) is 2.43. The number of benzene rings is 1. The van der Waals surface area contributed by atoms with Crippen LogP contribution in [0, 0.1) is 0 Å². The summed E-state index contributed by atoms with van der Waals surface area (Å²) in [7, 11) is 1.77. The van der Waals surface area contributed by atoms with Crippen LogP contribution in [0.5, 0.6) is 0 Å². The van der Waals surface area contributed by atoms with E-state index >= 15 is 0 Å². The van der Waals surface area contributed by atoms with Gasteiger partial charge in [-0.2, -0.15) is 4.36 Å². The maximum absolute atomic E-state index is 11.3. The van der Waals surface area contributed by atoms with Crippen LogP contribution in [-0.4, -0.2) is 13.0 Å². The number of likely N-dealkylation sites (N-methyl/N-ethyl adjacent to an activating group) is 1. The normalized spacial score (nSPS) is 14.5. The van der Waals surface area contributed by atoms with E-state index < -0.39 is 0 Å². The molecule has 66 valence electrons. The van der Waals surface area contributed by atoms with E-state index in [-0.39, 0.29) is 5.91 Å². The molecule has 1 aliphatic heterocycles. The van der Waals surface area contributed by atoms with Crippen LogP contribution in [-0.2, 0) is 23.6 Å². The van der Waals surface area contributed by atoms with E-state index in [2.05, 4.69) is 16.8 Å².